The van der Waals surface area contributed by atoms with Crippen molar-refractivity contribution in [2.75, 3.05) is 62.6 Å². The molecule has 0 saturated carbocycles. The fourth-order valence-corrected chi connectivity index (χ4v) is 4.68. The van der Waals surface area contributed by atoms with Gasteiger partial charge in [-0.1, -0.05) is 17.7 Å². The summed E-state index contributed by atoms with van der Waals surface area (Å²) in [5.74, 6) is 1.39. The van der Waals surface area contributed by atoms with Crippen LogP contribution in [0, 0.1) is 6.92 Å². The van der Waals surface area contributed by atoms with Crippen LogP contribution in [0.15, 0.2) is 53.6 Å². The van der Waals surface area contributed by atoms with E-state index in [0.717, 1.165) is 30.9 Å². The molecule has 1 aliphatic heterocycles. The summed E-state index contributed by atoms with van der Waals surface area (Å²) in [5, 5.41) is 7.24. The minimum Gasteiger partial charge on any atom is -0.493 e. The Labute approximate surface area is 225 Å². The fourth-order valence-electron chi connectivity index (χ4n) is 4.68. The van der Waals surface area contributed by atoms with Gasteiger partial charge in [0.1, 0.15) is 6.54 Å². The van der Waals surface area contributed by atoms with E-state index in [-0.39, 0.29) is 6.54 Å². The Morgan fingerprint density at radius 1 is 0.949 bits per heavy atom. The number of aromatic nitrogens is 4. The molecule has 2 aromatic carbocycles. The van der Waals surface area contributed by atoms with Crippen LogP contribution in [0.1, 0.15) is 5.56 Å². The van der Waals surface area contributed by atoms with Crippen molar-refractivity contribution in [2.24, 2.45) is 0 Å². The Balaban J connectivity index is 1.32. The average Bonchev–Trinajstić information content (AvgIpc) is 3.27. The van der Waals surface area contributed by atoms with Gasteiger partial charge in [-0.15, -0.1) is 5.10 Å². The summed E-state index contributed by atoms with van der Waals surface area (Å²) in [5.41, 5.74) is 2.83. The van der Waals surface area contributed by atoms with Crippen molar-refractivity contribution in [1.82, 2.24) is 19.2 Å². The highest BCUT2D eigenvalue weighted by molar-refractivity contribution is 5.91. The summed E-state index contributed by atoms with van der Waals surface area (Å²) >= 11 is 0. The smallest absolute Gasteiger partial charge is 0.350 e. The number of benzene rings is 2. The Morgan fingerprint density at radius 3 is 2.21 bits per heavy atom. The summed E-state index contributed by atoms with van der Waals surface area (Å²) in [6, 6.07) is 11.7. The van der Waals surface area contributed by atoms with Crippen molar-refractivity contribution in [3.05, 3.63) is 64.8 Å². The van der Waals surface area contributed by atoms with Crippen molar-refractivity contribution in [1.29, 1.82) is 0 Å². The van der Waals surface area contributed by atoms with Crippen LogP contribution in [-0.4, -0.2) is 72.6 Å². The maximum atomic E-state index is 13.1. The molecule has 2 aromatic heterocycles. The van der Waals surface area contributed by atoms with Crippen molar-refractivity contribution in [3.8, 4) is 17.2 Å². The molecule has 4 aromatic rings. The lowest BCUT2D eigenvalue weighted by Gasteiger charge is -2.36. The zero-order valence-corrected chi connectivity index (χ0v) is 22.4. The molecule has 204 valence electrons. The van der Waals surface area contributed by atoms with E-state index in [9.17, 15) is 9.59 Å². The number of hydrogen-bond donors (Lipinski definition) is 1. The molecule has 12 heteroatoms. The highest BCUT2D eigenvalue weighted by atomic mass is 16.5. The first-order chi connectivity index (χ1) is 18.9. The SMILES string of the molecule is COc1cc(NC(=O)Cn2nc3c(N4CCN(c5ccc(C)cc5)CC4)nccn3c2=O)cc(OC)c1OC. The van der Waals surface area contributed by atoms with Crippen molar-refractivity contribution in [2.45, 2.75) is 13.5 Å². The van der Waals surface area contributed by atoms with E-state index < -0.39 is 11.6 Å². The number of amides is 1. The maximum absolute atomic E-state index is 13.1. The summed E-state index contributed by atoms with van der Waals surface area (Å²) < 4.78 is 18.6. The third-order valence-corrected chi connectivity index (χ3v) is 6.70. The number of fused-ring (bicyclic) bond motifs is 1. The predicted octanol–water partition coefficient (Wildman–Crippen LogP) is 2.19. The topological polar surface area (TPSA) is 115 Å². The molecule has 0 aliphatic carbocycles. The van der Waals surface area contributed by atoms with Gasteiger partial charge in [-0.2, -0.15) is 0 Å². The Kier molecular flexibility index (Phi) is 7.26. The number of aryl methyl sites for hydroxylation is 1. The van der Waals surface area contributed by atoms with Crippen LogP contribution in [0.5, 0.6) is 17.2 Å². The number of piperazine rings is 1. The molecule has 1 aliphatic rings. The molecule has 0 unspecified atom stereocenters. The van der Waals surface area contributed by atoms with Crippen molar-refractivity contribution >= 4 is 28.7 Å². The van der Waals surface area contributed by atoms with Gasteiger partial charge in [-0.3, -0.25) is 4.79 Å². The molecular formula is C27H31N7O5. The van der Waals surface area contributed by atoms with Gasteiger partial charge in [-0.25, -0.2) is 18.9 Å². The molecule has 0 radical (unpaired) electrons. The van der Waals surface area contributed by atoms with Gasteiger partial charge >= 0.3 is 5.69 Å². The maximum Gasteiger partial charge on any atom is 0.350 e. The Hall–Kier alpha value is -4.74. The van der Waals surface area contributed by atoms with Crippen LogP contribution >= 0.6 is 0 Å². The fraction of sp³-hybridized carbons (Fsp3) is 0.333. The molecule has 1 amide bonds. The summed E-state index contributed by atoms with van der Waals surface area (Å²) in [4.78, 5) is 34.9. The standard InChI is InChI=1S/C27H31N7O5/c1-18-5-7-20(8-6-18)31-11-13-32(14-12-31)25-26-30-34(27(36)33(26)10-9-28-25)17-23(35)29-19-15-21(37-2)24(39-4)22(16-19)38-3/h5-10,15-16H,11-14,17H2,1-4H3,(H,29,35). The highest BCUT2D eigenvalue weighted by Gasteiger charge is 2.23. The van der Waals surface area contributed by atoms with E-state index in [1.807, 2.05) is 0 Å². The molecule has 1 N–H and O–H groups in total. The molecule has 0 spiro atoms. The minimum atomic E-state index is -0.434. The molecular weight excluding hydrogens is 502 g/mol. The number of ether oxygens (including phenoxy) is 3. The van der Waals surface area contributed by atoms with Crippen molar-refractivity contribution in [3.63, 3.8) is 0 Å². The molecule has 0 bridgehead atoms. The molecule has 1 fully saturated rings. The second kappa shape index (κ2) is 10.9. The van der Waals surface area contributed by atoms with Gasteiger partial charge in [0, 0.05) is 62.1 Å². The lowest BCUT2D eigenvalue weighted by molar-refractivity contribution is -0.117. The second-order valence-electron chi connectivity index (χ2n) is 9.16. The van der Waals surface area contributed by atoms with E-state index in [1.54, 1.807) is 24.5 Å². The predicted molar refractivity (Wildman–Crippen MR) is 148 cm³/mol. The van der Waals surface area contributed by atoms with E-state index in [2.05, 4.69) is 56.4 Å². The lowest BCUT2D eigenvalue weighted by Crippen LogP contribution is -2.47. The van der Waals surface area contributed by atoms with Crippen LogP contribution in [0.3, 0.4) is 0 Å². The molecule has 12 nitrogen and oxygen atoms in total. The van der Waals surface area contributed by atoms with E-state index >= 15 is 0 Å². The van der Waals surface area contributed by atoms with Gasteiger partial charge in [0.15, 0.2) is 17.3 Å². The number of nitrogens with one attached hydrogen (secondary N) is 1. The molecule has 1 saturated heterocycles. The number of hydrogen-bond acceptors (Lipinski definition) is 9. The quantitative estimate of drug-likeness (QED) is 0.364. The van der Waals surface area contributed by atoms with Crippen LogP contribution in [-0.2, 0) is 11.3 Å². The van der Waals surface area contributed by atoms with E-state index in [0.29, 0.717) is 34.4 Å². The van der Waals surface area contributed by atoms with Gasteiger partial charge in [-0.05, 0) is 19.1 Å². The number of nitrogens with zero attached hydrogens (tertiary/aromatic N) is 6. The Bertz CT molecular complexity index is 1510. The monoisotopic (exact) mass is 533 g/mol. The lowest BCUT2D eigenvalue weighted by atomic mass is 10.2. The average molecular weight is 534 g/mol. The summed E-state index contributed by atoms with van der Waals surface area (Å²) in [7, 11) is 4.49. The summed E-state index contributed by atoms with van der Waals surface area (Å²) in [6.45, 7) is 4.87. The molecule has 5 rings (SSSR count). The number of anilines is 3. The zero-order valence-electron chi connectivity index (χ0n) is 22.4. The number of carbonyl (C=O) groups excluding carboxylic acids is 1. The number of carbonyl (C=O) groups is 1. The van der Waals surface area contributed by atoms with Crippen LogP contribution in [0.25, 0.3) is 5.65 Å². The highest BCUT2D eigenvalue weighted by Crippen LogP contribution is 2.39. The van der Waals surface area contributed by atoms with Gasteiger partial charge in [0.2, 0.25) is 17.3 Å². The third-order valence-electron chi connectivity index (χ3n) is 6.70. The first-order valence-corrected chi connectivity index (χ1v) is 12.5. The molecule has 39 heavy (non-hydrogen) atoms. The van der Waals surface area contributed by atoms with E-state index in [1.165, 1.54) is 37.0 Å². The van der Waals surface area contributed by atoms with Crippen molar-refractivity contribution < 1.29 is 19.0 Å². The first kappa shape index (κ1) is 25.9. The van der Waals surface area contributed by atoms with Gasteiger partial charge in [0.05, 0.1) is 21.3 Å². The van der Waals surface area contributed by atoms with E-state index in [4.69, 9.17) is 14.2 Å². The third kappa shape index (κ3) is 5.17. The second-order valence-corrected chi connectivity index (χ2v) is 9.16. The number of rotatable bonds is 8. The van der Waals surface area contributed by atoms with Crippen LogP contribution in [0.2, 0.25) is 0 Å². The molecule has 3 heterocycles. The number of methoxy groups -OCH3 is 3. The van der Waals surface area contributed by atoms with Gasteiger partial charge < -0.3 is 29.3 Å². The minimum absolute atomic E-state index is 0.280. The van der Waals surface area contributed by atoms with Gasteiger partial charge in [0.25, 0.3) is 0 Å². The Morgan fingerprint density at radius 2 is 1.59 bits per heavy atom. The molecule has 0 atom stereocenters. The van der Waals surface area contributed by atoms with Crippen LogP contribution in [0.4, 0.5) is 17.2 Å². The van der Waals surface area contributed by atoms with Crippen LogP contribution < -0.4 is 35.0 Å². The normalized spacial score (nSPS) is 13.4. The first-order valence-electron chi connectivity index (χ1n) is 12.5. The zero-order chi connectivity index (χ0) is 27.5. The largest absolute Gasteiger partial charge is 0.493 e. The summed E-state index contributed by atoms with van der Waals surface area (Å²) in [6.07, 6.45) is 3.14.